The Hall–Kier alpha value is -2.32. The zero-order chi connectivity index (χ0) is 14.1. The lowest BCUT2D eigenvalue weighted by molar-refractivity contribution is -0.120. The molecule has 0 aliphatic heterocycles. The molecule has 1 aromatic carbocycles. The number of carboxylic acid groups (broad SMARTS) is 1. The van der Waals surface area contributed by atoms with Gasteiger partial charge in [-0.05, 0) is 18.2 Å². The van der Waals surface area contributed by atoms with Crippen LogP contribution in [0.25, 0.3) is 0 Å². The second-order valence-electron chi connectivity index (χ2n) is 3.11. The molecule has 0 spiro atoms. The highest BCUT2D eigenvalue weighted by molar-refractivity contribution is 6.01. The van der Waals surface area contributed by atoms with Gasteiger partial charge >= 0.3 is 18.3 Å². The van der Waals surface area contributed by atoms with Gasteiger partial charge in [-0.1, -0.05) is 0 Å². The Morgan fingerprint density at radius 2 is 1.83 bits per heavy atom. The van der Waals surface area contributed by atoms with Gasteiger partial charge in [0, 0.05) is 0 Å². The number of alkyl halides is 3. The first-order valence-electron chi connectivity index (χ1n) is 4.34. The van der Waals surface area contributed by atoms with Crippen LogP contribution in [-0.2, 0) is 0 Å². The number of halogens is 4. The predicted molar refractivity (Wildman–Crippen MR) is 51.5 cm³/mol. The van der Waals surface area contributed by atoms with Crippen molar-refractivity contribution in [1.29, 1.82) is 0 Å². The van der Waals surface area contributed by atoms with Crippen molar-refractivity contribution in [3.63, 3.8) is 0 Å². The molecule has 0 atom stereocenters. The molecule has 0 unspecified atom stereocenters. The first kappa shape index (κ1) is 13.7. The van der Waals surface area contributed by atoms with Crippen LogP contribution in [0.1, 0.15) is 10.4 Å². The minimum absolute atomic E-state index is 0.360. The summed E-state index contributed by atoms with van der Waals surface area (Å²) in [5.41, 5.74) is 2.47. The summed E-state index contributed by atoms with van der Waals surface area (Å²) >= 11 is 0. The van der Waals surface area contributed by atoms with Gasteiger partial charge in [-0.3, -0.25) is 0 Å². The average Bonchev–Trinajstić information content (AvgIpc) is 2.17. The van der Waals surface area contributed by atoms with E-state index in [-0.39, 0.29) is 0 Å². The van der Waals surface area contributed by atoms with Crippen LogP contribution in [0.5, 0.6) is 0 Å². The Labute approximate surface area is 97.4 Å². The minimum Gasteiger partial charge on any atom is -0.478 e. The van der Waals surface area contributed by atoms with Crippen molar-refractivity contribution in [2.45, 2.75) is 6.30 Å². The first-order chi connectivity index (χ1) is 8.14. The molecule has 5 nitrogen and oxygen atoms in total. The lowest BCUT2D eigenvalue weighted by Crippen LogP contribution is -2.47. The highest BCUT2D eigenvalue weighted by Gasteiger charge is 2.43. The number of carbonyl (C=O) groups excluding carboxylic acids is 1. The summed E-state index contributed by atoms with van der Waals surface area (Å²) in [4.78, 5) is 20.6. The molecule has 9 heteroatoms. The van der Waals surface area contributed by atoms with Gasteiger partial charge in [0.25, 0.3) is 0 Å². The van der Waals surface area contributed by atoms with E-state index >= 15 is 0 Å². The van der Waals surface area contributed by atoms with Crippen molar-refractivity contribution >= 4 is 17.7 Å². The van der Waals surface area contributed by atoms with E-state index in [0.29, 0.717) is 18.2 Å². The third-order valence-corrected chi connectivity index (χ3v) is 1.90. The molecule has 0 aliphatic rings. The fourth-order valence-electron chi connectivity index (χ4n) is 1.25. The zero-order valence-corrected chi connectivity index (χ0v) is 8.53. The molecule has 0 saturated carbocycles. The van der Waals surface area contributed by atoms with Crippen LogP contribution < -0.4 is 10.6 Å². The van der Waals surface area contributed by atoms with Crippen molar-refractivity contribution in [3.8, 4) is 0 Å². The first-order valence-corrected chi connectivity index (χ1v) is 4.34. The molecule has 1 rings (SSSR count). The van der Waals surface area contributed by atoms with E-state index in [2.05, 4.69) is 5.73 Å². The number of nitrogens with zero attached hydrogens (tertiary/aromatic N) is 1. The van der Waals surface area contributed by atoms with Crippen LogP contribution in [0.2, 0.25) is 0 Å². The SMILES string of the molecule is NC(=O)N(c1ccc(F)cc1C(=O)O)C(F)(F)F. The van der Waals surface area contributed by atoms with Crippen LogP contribution in [0.15, 0.2) is 18.2 Å². The number of primary amides is 1. The molecule has 0 aliphatic carbocycles. The molecule has 0 fully saturated rings. The second kappa shape index (κ2) is 4.51. The number of urea groups is 1. The summed E-state index contributed by atoms with van der Waals surface area (Å²) in [6.45, 7) is 0. The van der Waals surface area contributed by atoms with Crippen molar-refractivity contribution in [1.82, 2.24) is 0 Å². The number of carbonyl (C=O) groups is 2. The van der Waals surface area contributed by atoms with Crippen LogP contribution >= 0.6 is 0 Å². The molecular weight excluding hydrogens is 260 g/mol. The maximum atomic E-state index is 12.8. The van der Waals surface area contributed by atoms with Gasteiger partial charge in [0.15, 0.2) is 0 Å². The Morgan fingerprint density at radius 3 is 2.22 bits per heavy atom. The summed E-state index contributed by atoms with van der Waals surface area (Å²) in [6.07, 6.45) is -5.21. The molecule has 18 heavy (non-hydrogen) atoms. The number of amides is 2. The molecule has 0 saturated heterocycles. The van der Waals surface area contributed by atoms with Gasteiger partial charge in [0.1, 0.15) is 5.82 Å². The van der Waals surface area contributed by atoms with E-state index in [0.717, 1.165) is 0 Å². The third-order valence-electron chi connectivity index (χ3n) is 1.90. The number of carboxylic acids is 1. The van der Waals surface area contributed by atoms with Gasteiger partial charge in [0.05, 0.1) is 11.3 Å². The summed E-state index contributed by atoms with van der Waals surface area (Å²) in [7, 11) is 0. The van der Waals surface area contributed by atoms with Gasteiger partial charge in [-0.25, -0.2) is 18.9 Å². The minimum atomic E-state index is -5.21. The van der Waals surface area contributed by atoms with Crippen molar-refractivity contribution in [2.75, 3.05) is 4.90 Å². The van der Waals surface area contributed by atoms with E-state index in [9.17, 15) is 27.2 Å². The van der Waals surface area contributed by atoms with Crippen molar-refractivity contribution in [3.05, 3.63) is 29.6 Å². The predicted octanol–water partition coefficient (Wildman–Crippen LogP) is 1.93. The van der Waals surface area contributed by atoms with E-state index in [4.69, 9.17) is 5.11 Å². The van der Waals surface area contributed by atoms with Crippen molar-refractivity contribution in [2.24, 2.45) is 5.73 Å². The molecule has 1 aromatic rings. The summed E-state index contributed by atoms with van der Waals surface area (Å²) in [5.74, 6) is -2.87. The van der Waals surface area contributed by atoms with Crippen LogP contribution in [0.4, 0.5) is 28.0 Å². The molecule has 0 bridgehead atoms. The molecule has 98 valence electrons. The maximum absolute atomic E-state index is 12.8. The Morgan fingerprint density at radius 1 is 1.28 bits per heavy atom. The van der Waals surface area contributed by atoms with Gasteiger partial charge in [0.2, 0.25) is 0 Å². The number of benzene rings is 1. The summed E-state index contributed by atoms with van der Waals surface area (Å²) < 4.78 is 50.4. The third kappa shape index (κ3) is 2.67. The highest BCUT2D eigenvalue weighted by Crippen LogP contribution is 2.31. The average molecular weight is 266 g/mol. The smallest absolute Gasteiger partial charge is 0.478 e. The normalized spacial score (nSPS) is 11.1. The van der Waals surface area contributed by atoms with E-state index in [1.807, 2.05) is 0 Å². The van der Waals surface area contributed by atoms with E-state index in [1.165, 1.54) is 0 Å². The van der Waals surface area contributed by atoms with Gasteiger partial charge in [-0.2, -0.15) is 0 Å². The molecule has 0 radical (unpaired) electrons. The van der Waals surface area contributed by atoms with Crippen LogP contribution in [0, 0.1) is 5.82 Å². The number of rotatable bonds is 2. The molecule has 2 amide bonds. The topological polar surface area (TPSA) is 83.6 Å². The number of hydrogen-bond acceptors (Lipinski definition) is 2. The van der Waals surface area contributed by atoms with Gasteiger partial charge < -0.3 is 10.8 Å². The van der Waals surface area contributed by atoms with Crippen molar-refractivity contribution < 1.29 is 32.3 Å². The van der Waals surface area contributed by atoms with Crippen LogP contribution in [-0.4, -0.2) is 23.4 Å². The number of aromatic carboxylic acids is 1. The lowest BCUT2D eigenvalue weighted by atomic mass is 10.1. The highest BCUT2D eigenvalue weighted by atomic mass is 19.4. The Balaban J connectivity index is 3.47. The fraction of sp³-hybridized carbons (Fsp3) is 0.111. The van der Waals surface area contributed by atoms with Crippen LogP contribution in [0.3, 0.4) is 0 Å². The number of nitrogens with two attached hydrogens (primary N) is 1. The monoisotopic (exact) mass is 266 g/mol. The second-order valence-corrected chi connectivity index (χ2v) is 3.11. The fourth-order valence-corrected chi connectivity index (χ4v) is 1.25. The maximum Gasteiger partial charge on any atom is 0.493 e. The lowest BCUT2D eigenvalue weighted by Gasteiger charge is -2.24. The Bertz CT molecular complexity index is 501. The molecule has 0 aromatic heterocycles. The number of anilines is 1. The number of hydrogen-bond donors (Lipinski definition) is 2. The molecular formula is C9H6F4N2O3. The Kier molecular flexibility index (Phi) is 3.44. The van der Waals surface area contributed by atoms with E-state index in [1.54, 1.807) is 0 Å². The standard InChI is InChI=1S/C9H6F4N2O3/c10-4-1-2-6(5(3-4)7(16)17)15(8(14)18)9(11,12)13/h1-3H,(H2,14,18)(H,16,17). The molecule has 0 heterocycles. The summed E-state index contributed by atoms with van der Waals surface area (Å²) in [6, 6.07) is -0.462. The quantitative estimate of drug-likeness (QED) is 0.633. The molecule has 3 N–H and O–H groups in total. The van der Waals surface area contributed by atoms with E-state index < -0.39 is 40.3 Å². The zero-order valence-electron chi connectivity index (χ0n) is 8.53. The summed E-state index contributed by atoms with van der Waals surface area (Å²) in [5, 5.41) is 8.67. The largest absolute Gasteiger partial charge is 0.493 e. The van der Waals surface area contributed by atoms with Gasteiger partial charge in [-0.15, -0.1) is 13.2 Å².